The number of thioether (sulfide) groups is 1. The van der Waals surface area contributed by atoms with Gasteiger partial charge in [-0.15, -0.1) is 11.8 Å². The maximum atomic E-state index is 13.3. The van der Waals surface area contributed by atoms with Gasteiger partial charge >= 0.3 is 0 Å². The molecule has 0 aliphatic rings. The number of methoxy groups -OCH3 is 1. The highest BCUT2D eigenvalue weighted by Crippen LogP contribution is 2.24. The smallest absolute Gasteiger partial charge is 0.230 e. The van der Waals surface area contributed by atoms with E-state index >= 15 is 0 Å². The molecule has 2 rings (SSSR count). The molecule has 0 saturated heterocycles. The lowest BCUT2D eigenvalue weighted by Gasteiger charge is -2.15. The van der Waals surface area contributed by atoms with E-state index in [1.165, 1.54) is 29.5 Å². The van der Waals surface area contributed by atoms with Gasteiger partial charge in [-0.25, -0.2) is 4.39 Å². The Hall–Kier alpha value is -2.01. The van der Waals surface area contributed by atoms with Crippen LogP contribution < -0.4 is 10.1 Å². The number of benzene rings is 2. The van der Waals surface area contributed by atoms with E-state index < -0.39 is 0 Å². The van der Waals surface area contributed by atoms with Crippen molar-refractivity contribution >= 4 is 17.7 Å². The van der Waals surface area contributed by atoms with Gasteiger partial charge in [-0.3, -0.25) is 4.79 Å². The summed E-state index contributed by atoms with van der Waals surface area (Å²) in [6.07, 6.45) is 1.00. The van der Waals surface area contributed by atoms with E-state index in [0.29, 0.717) is 17.3 Å². The maximum Gasteiger partial charge on any atom is 0.230 e. The van der Waals surface area contributed by atoms with Crippen molar-refractivity contribution in [2.75, 3.05) is 12.9 Å². The number of amides is 1. The van der Waals surface area contributed by atoms with Crippen LogP contribution in [-0.2, 0) is 17.0 Å². The average molecular weight is 361 g/mol. The zero-order chi connectivity index (χ0) is 18.2. The fourth-order valence-corrected chi connectivity index (χ4v) is 3.34. The second-order valence-corrected chi connectivity index (χ2v) is 6.82. The summed E-state index contributed by atoms with van der Waals surface area (Å²) in [4.78, 5) is 12.1. The first-order valence-corrected chi connectivity index (χ1v) is 9.47. The normalized spacial score (nSPS) is 11.8. The third-order valence-corrected chi connectivity index (χ3v) is 4.98. The number of rotatable bonds is 8. The van der Waals surface area contributed by atoms with Crippen molar-refractivity contribution in [3.05, 3.63) is 65.0 Å². The fraction of sp³-hybridized carbons (Fsp3) is 0.350. The summed E-state index contributed by atoms with van der Waals surface area (Å²) in [6, 6.07) is 12.7. The van der Waals surface area contributed by atoms with Crippen LogP contribution in [0.25, 0.3) is 0 Å². The average Bonchev–Trinajstić information content (AvgIpc) is 2.62. The number of carbonyl (C=O) groups is 1. The number of ether oxygens (including phenoxy) is 1. The topological polar surface area (TPSA) is 38.3 Å². The highest BCUT2D eigenvalue weighted by Gasteiger charge is 2.11. The van der Waals surface area contributed by atoms with Gasteiger partial charge in [0.2, 0.25) is 5.91 Å². The van der Waals surface area contributed by atoms with Gasteiger partial charge in [0.1, 0.15) is 11.6 Å². The van der Waals surface area contributed by atoms with Gasteiger partial charge in [-0.2, -0.15) is 0 Å². The van der Waals surface area contributed by atoms with Crippen LogP contribution in [0.4, 0.5) is 4.39 Å². The molecule has 0 heterocycles. The standard InChI is InChI=1S/C20H24FNO2S/c1-4-15-5-7-16(8-6-15)14(2)22-20(23)13-25-12-17-11-18(21)9-10-19(17)24-3/h5-11,14H,4,12-13H2,1-3H3,(H,22,23)/t14-/m0/s1. The van der Waals surface area contributed by atoms with Crippen LogP contribution in [0.1, 0.15) is 36.6 Å². The highest BCUT2D eigenvalue weighted by molar-refractivity contribution is 7.99. The number of carbonyl (C=O) groups excluding carboxylic acids is 1. The third-order valence-electron chi connectivity index (χ3n) is 4.00. The van der Waals surface area contributed by atoms with Crippen LogP contribution in [0.5, 0.6) is 5.75 Å². The molecule has 134 valence electrons. The fourth-order valence-electron chi connectivity index (χ4n) is 2.52. The molecule has 1 atom stereocenters. The molecule has 0 aliphatic carbocycles. The Labute approximate surface area is 153 Å². The number of aryl methyl sites for hydroxylation is 1. The molecule has 2 aromatic carbocycles. The van der Waals surface area contributed by atoms with E-state index in [4.69, 9.17) is 4.74 Å². The van der Waals surface area contributed by atoms with E-state index in [-0.39, 0.29) is 17.8 Å². The SMILES string of the molecule is CCc1ccc([C@H](C)NC(=O)CSCc2cc(F)ccc2OC)cc1. The molecule has 0 bridgehead atoms. The summed E-state index contributed by atoms with van der Waals surface area (Å²) in [6.45, 7) is 4.09. The summed E-state index contributed by atoms with van der Waals surface area (Å²) in [7, 11) is 1.56. The molecule has 0 saturated carbocycles. The van der Waals surface area contributed by atoms with Crippen molar-refractivity contribution in [2.45, 2.75) is 32.1 Å². The van der Waals surface area contributed by atoms with E-state index in [1.54, 1.807) is 13.2 Å². The minimum absolute atomic E-state index is 0.0348. The van der Waals surface area contributed by atoms with E-state index in [1.807, 2.05) is 6.92 Å². The van der Waals surface area contributed by atoms with Crippen LogP contribution >= 0.6 is 11.8 Å². The first kappa shape index (κ1) is 19.3. The van der Waals surface area contributed by atoms with Crippen LogP contribution in [0.15, 0.2) is 42.5 Å². The predicted octanol–water partition coefficient (Wildman–Crippen LogP) is 4.51. The van der Waals surface area contributed by atoms with Crippen LogP contribution in [0.3, 0.4) is 0 Å². The minimum Gasteiger partial charge on any atom is -0.496 e. The van der Waals surface area contributed by atoms with Gasteiger partial charge in [-0.05, 0) is 42.7 Å². The van der Waals surface area contributed by atoms with Crippen molar-refractivity contribution in [3.8, 4) is 5.75 Å². The Morgan fingerprint density at radius 1 is 1.24 bits per heavy atom. The van der Waals surface area contributed by atoms with Gasteiger partial charge in [0, 0.05) is 11.3 Å². The summed E-state index contributed by atoms with van der Waals surface area (Å²) in [5, 5.41) is 2.99. The summed E-state index contributed by atoms with van der Waals surface area (Å²) >= 11 is 1.44. The minimum atomic E-state index is -0.301. The van der Waals surface area contributed by atoms with Gasteiger partial charge in [0.05, 0.1) is 18.9 Å². The molecule has 3 nitrogen and oxygen atoms in total. The molecule has 0 unspecified atom stereocenters. The first-order valence-electron chi connectivity index (χ1n) is 8.31. The van der Waals surface area contributed by atoms with Gasteiger partial charge in [-0.1, -0.05) is 31.2 Å². The molecule has 0 spiro atoms. The van der Waals surface area contributed by atoms with Gasteiger partial charge in [0.25, 0.3) is 0 Å². The first-order chi connectivity index (χ1) is 12.0. The van der Waals surface area contributed by atoms with Crippen molar-refractivity contribution in [1.29, 1.82) is 0 Å². The van der Waals surface area contributed by atoms with Gasteiger partial charge < -0.3 is 10.1 Å². The zero-order valence-corrected chi connectivity index (χ0v) is 15.7. The van der Waals surface area contributed by atoms with Crippen molar-refractivity contribution in [2.24, 2.45) is 0 Å². The molecule has 1 N–H and O–H groups in total. The predicted molar refractivity (Wildman–Crippen MR) is 101 cm³/mol. The third kappa shape index (κ3) is 5.78. The second-order valence-electron chi connectivity index (χ2n) is 5.83. The Kier molecular flexibility index (Phi) is 7.31. The Morgan fingerprint density at radius 3 is 2.60 bits per heavy atom. The molecule has 2 aromatic rings. The van der Waals surface area contributed by atoms with Crippen molar-refractivity contribution in [3.63, 3.8) is 0 Å². The molecular formula is C20H24FNO2S. The van der Waals surface area contributed by atoms with Gasteiger partial charge in [0.15, 0.2) is 0 Å². The Morgan fingerprint density at radius 2 is 1.96 bits per heavy atom. The van der Waals surface area contributed by atoms with E-state index in [9.17, 15) is 9.18 Å². The molecule has 0 fully saturated rings. The number of nitrogens with one attached hydrogen (secondary N) is 1. The lowest BCUT2D eigenvalue weighted by Crippen LogP contribution is -2.28. The number of hydrogen-bond donors (Lipinski definition) is 1. The number of hydrogen-bond acceptors (Lipinski definition) is 3. The second kappa shape index (κ2) is 9.47. The van der Waals surface area contributed by atoms with E-state index in [0.717, 1.165) is 17.5 Å². The zero-order valence-electron chi connectivity index (χ0n) is 14.8. The summed E-state index contributed by atoms with van der Waals surface area (Å²) < 4.78 is 18.6. The molecule has 0 aromatic heterocycles. The highest BCUT2D eigenvalue weighted by atomic mass is 32.2. The van der Waals surface area contributed by atoms with E-state index in [2.05, 4.69) is 36.5 Å². The number of halogens is 1. The Balaban J connectivity index is 1.83. The largest absolute Gasteiger partial charge is 0.496 e. The van der Waals surface area contributed by atoms with Crippen molar-refractivity contribution in [1.82, 2.24) is 5.32 Å². The Bertz CT molecular complexity index is 703. The molecule has 1 amide bonds. The maximum absolute atomic E-state index is 13.3. The lowest BCUT2D eigenvalue weighted by molar-refractivity contribution is -0.119. The molecule has 0 radical (unpaired) electrons. The monoisotopic (exact) mass is 361 g/mol. The molecular weight excluding hydrogens is 337 g/mol. The molecule has 25 heavy (non-hydrogen) atoms. The van der Waals surface area contributed by atoms with Crippen LogP contribution in [0.2, 0.25) is 0 Å². The summed E-state index contributed by atoms with van der Waals surface area (Å²) in [5.74, 6) is 1.14. The quantitative estimate of drug-likeness (QED) is 0.752. The summed E-state index contributed by atoms with van der Waals surface area (Å²) in [5.41, 5.74) is 3.12. The van der Waals surface area contributed by atoms with Crippen molar-refractivity contribution < 1.29 is 13.9 Å². The lowest BCUT2D eigenvalue weighted by atomic mass is 10.1. The molecule has 0 aliphatic heterocycles. The van der Waals surface area contributed by atoms with Crippen LogP contribution in [0, 0.1) is 5.82 Å². The van der Waals surface area contributed by atoms with Crippen LogP contribution in [-0.4, -0.2) is 18.8 Å². The molecule has 5 heteroatoms.